The number of tetrazole rings is 1. The number of nitrogens with zero attached hydrogens (tertiary/aromatic N) is 6. The van der Waals surface area contributed by atoms with Gasteiger partial charge in [-0.15, -0.1) is 5.10 Å². The Morgan fingerprint density at radius 1 is 1.21 bits per heavy atom. The van der Waals surface area contributed by atoms with Gasteiger partial charge in [0.2, 0.25) is 11.1 Å². The summed E-state index contributed by atoms with van der Waals surface area (Å²) >= 11 is 1.30. The van der Waals surface area contributed by atoms with Gasteiger partial charge >= 0.3 is 0 Å². The molecule has 28 heavy (non-hydrogen) atoms. The van der Waals surface area contributed by atoms with Crippen molar-refractivity contribution < 1.29 is 4.79 Å². The predicted octanol–water partition coefficient (Wildman–Crippen LogP) is 3.40. The highest BCUT2D eigenvalue weighted by molar-refractivity contribution is 8.00. The van der Waals surface area contributed by atoms with Crippen molar-refractivity contribution >= 4 is 23.4 Å². The maximum absolute atomic E-state index is 13.1. The van der Waals surface area contributed by atoms with Crippen LogP contribution >= 0.6 is 11.8 Å². The molecule has 0 radical (unpaired) electrons. The Labute approximate surface area is 168 Å². The predicted molar refractivity (Wildman–Crippen MR) is 108 cm³/mol. The molecule has 8 heteroatoms. The molecule has 0 aliphatic rings. The number of benzene rings is 2. The van der Waals surface area contributed by atoms with E-state index in [2.05, 4.69) is 21.6 Å². The Hall–Kier alpha value is -3.18. The lowest BCUT2D eigenvalue weighted by molar-refractivity contribution is -0.117. The minimum Gasteiger partial charge on any atom is -0.310 e. The van der Waals surface area contributed by atoms with E-state index >= 15 is 0 Å². The van der Waals surface area contributed by atoms with Crippen LogP contribution < -0.4 is 4.90 Å². The van der Waals surface area contributed by atoms with E-state index in [1.54, 1.807) is 9.58 Å². The number of aryl methyl sites for hydroxylation is 1. The molecule has 0 aliphatic carbocycles. The standard InChI is InChI=1S/C20H20N6OS/c1-15-9-6-7-12-18(15)26-20(22-23-24-26)28-16(2)19(27)25(14-8-13-21)17-10-4-3-5-11-17/h3-7,9-12,16H,8,14H2,1-2H3/t16-/m0/s1. The Bertz CT molecular complexity index is 982. The normalized spacial score (nSPS) is 11.6. The molecule has 0 fully saturated rings. The molecule has 1 atom stereocenters. The van der Waals surface area contributed by atoms with Crippen molar-refractivity contribution in [3.05, 3.63) is 60.2 Å². The van der Waals surface area contributed by atoms with Crippen LogP contribution in [0.25, 0.3) is 5.69 Å². The summed E-state index contributed by atoms with van der Waals surface area (Å²) in [5.74, 6) is -0.0919. The lowest BCUT2D eigenvalue weighted by Crippen LogP contribution is -2.37. The van der Waals surface area contributed by atoms with Gasteiger partial charge in [-0.3, -0.25) is 4.79 Å². The molecule has 0 unspecified atom stereocenters. The lowest BCUT2D eigenvalue weighted by atomic mass is 10.2. The van der Waals surface area contributed by atoms with E-state index in [1.807, 2.05) is 68.4 Å². The van der Waals surface area contributed by atoms with Crippen molar-refractivity contribution in [1.29, 1.82) is 5.26 Å². The number of thioether (sulfide) groups is 1. The zero-order valence-corrected chi connectivity index (χ0v) is 16.5. The molecular formula is C20H20N6OS. The Morgan fingerprint density at radius 3 is 2.64 bits per heavy atom. The van der Waals surface area contributed by atoms with Crippen LogP contribution in [0.2, 0.25) is 0 Å². The first-order chi connectivity index (χ1) is 13.6. The Morgan fingerprint density at radius 2 is 1.93 bits per heavy atom. The van der Waals surface area contributed by atoms with Crippen molar-refractivity contribution in [1.82, 2.24) is 20.2 Å². The summed E-state index contributed by atoms with van der Waals surface area (Å²) < 4.78 is 1.64. The summed E-state index contributed by atoms with van der Waals surface area (Å²) in [6, 6.07) is 19.3. The van der Waals surface area contributed by atoms with Crippen LogP contribution in [0.15, 0.2) is 59.8 Å². The minimum absolute atomic E-state index is 0.0919. The number of carbonyl (C=O) groups is 1. The molecule has 0 aliphatic heterocycles. The van der Waals surface area contributed by atoms with Crippen molar-refractivity contribution in [2.45, 2.75) is 30.7 Å². The lowest BCUT2D eigenvalue weighted by Gasteiger charge is -2.24. The van der Waals surface area contributed by atoms with Crippen molar-refractivity contribution in [3.63, 3.8) is 0 Å². The molecule has 0 bridgehead atoms. The van der Waals surface area contributed by atoms with E-state index in [1.165, 1.54) is 11.8 Å². The van der Waals surface area contributed by atoms with Gasteiger partial charge in [-0.25, -0.2) is 0 Å². The molecule has 3 aromatic rings. The fourth-order valence-electron chi connectivity index (χ4n) is 2.77. The summed E-state index contributed by atoms with van der Waals surface area (Å²) in [6.45, 7) is 4.15. The van der Waals surface area contributed by atoms with Crippen LogP contribution in [0.1, 0.15) is 18.9 Å². The third-order valence-electron chi connectivity index (χ3n) is 4.20. The van der Waals surface area contributed by atoms with Gasteiger partial charge in [-0.1, -0.05) is 48.2 Å². The number of aromatic nitrogens is 4. The van der Waals surface area contributed by atoms with Crippen LogP contribution in [0.5, 0.6) is 0 Å². The zero-order chi connectivity index (χ0) is 19.9. The van der Waals surface area contributed by atoms with Gasteiger partial charge in [0, 0.05) is 12.2 Å². The Kier molecular flexibility index (Phi) is 6.40. The molecule has 0 N–H and O–H groups in total. The molecule has 0 saturated heterocycles. The van der Waals surface area contributed by atoms with Gasteiger partial charge in [0.25, 0.3) is 0 Å². The van der Waals surface area contributed by atoms with Crippen LogP contribution in [-0.4, -0.2) is 37.9 Å². The van der Waals surface area contributed by atoms with Gasteiger partial charge in [0.05, 0.1) is 23.4 Å². The number of para-hydroxylation sites is 2. The average molecular weight is 392 g/mol. The number of carbonyl (C=O) groups excluding carboxylic acids is 1. The van der Waals surface area contributed by atoms with E-state index in [4.69, 9.17) is 5.26 Å². The van der Waals surface area contributed by atoms with E-state index in [0.29, 0.717) is 11.7 Å². The topological polar surface area (TPSA) is 87.7 Å². The van der Waals surface area contributed by atoms with Crippen LogP contribution in [0, 0.1) is 18.3 Å². The van der Waals surface area contributed by atoms with Gasteiger partial charge in [-0.2, -0.15) is 9.94 Å². The zero-order valence-electron chi connectivity index (χ0n) is 15.7. The number of hydrogen-bond acceptors (Lipinski definition) is 6. The molecule has 1 aromatic heterocycles. The summed E-state index contributed by atoms with van der Waals surface area (Å²) in [5, 5.41) is 21.0. The number of anilines is 1. The maximum atomic E-state index is 13.1. The molecule has 1 amide bonds. The Balaban J connectivity index is 1.82. The average Bonchev–Trinajstić information content (AvgIpc) is 3.17. The molecule has 2 aromatic carbocycles. The molecular weight excluding hydrogens is 372 g/mol. The fourth-order valence-corrected chi connectivity index (χ4v) is 3.63. The quantitative estimate of drug-likeness (QED) is 0.573. The summed E-state index contributed by atoms with van der Waals surface area (Å²) in [7, 11) is 0. The molecule has 3 rings (SSSR count). The molecule has 7 nitrogen and oxygen atoms in total. The number of hydrogen-bond donors (Lipinski definition) is 0. The first-order valence-electron chi connectivity index (χ1n) is 8.86. The van der Waals surface area contributed by atoms with Gasteiger partial charge in [-0.05, 0) is 48.0 Å². The highest BCUT2D eigenvalue weighted by Crippen LogP contribution is 2.27. The van der Waals surface area contributed by atoms with E-state index in [0.717, 1.165) is 16.9 Å². The van der Waals surface area contributed by atoms with Crippen LogP contribution in [0.3, 0.4) is 0 Å². The summed E-state index contributed by atoms with van der Waals surface area (Å²) in [5.41, 5.74) is 2.68. The molecule has 0 saturated carbocycles. The number of amides is 1. The van der Waals surface area contributed by atoms with Gasteiger partial charge in [0.15, 0.2) is 0 Å². The van der Waals surface area contributed by atoms with E-state index < -0.39 is 5.25 Å². The van der Waals surface area contributed by atoms with E-state index in [-0.39, 0.29) is 12.3 Å². The highest BCUT2D eigenvalue weighted by Gasteiger charge is 2.25. The minimum atomic E-state index is -0.423. The van der Waals surface area contributed by atoms with Crippen molar-refractivity contribution in [2.24, 2.45) is 0 Å². The van der Waals surface area contributed by atoms with Crippen molar-refractivity contribution in [3.8, 4) is 11.8 Å². The highest BCUT2D eigenvalue weighted by atomic mass is 32.2. The second kappa shape index (κ2) is 9.15. The number of rotatable bonds is 7. The van der Waals surface area contributed by atoms with Gasteiger partial charge < -0.3 is 4.90 Å². The third-order valence-corrected chi connectivity index (χ3v) is 5.22. The first-order valence-corrected chi connectivity index (χ1v) is 9.74. The smallest absolute Gasteiger partial charge is 0.240 e. The summed E-state index contributed by atoms with van der Waals surface area (Å²) in [4.78, 5) is 14.7. The first kappa shape index (κ1) is 19.6. The second-order valence-corrected chi connectivity index (χ2v) is 7.46. The van der Waals surface area contributed by atoms with Crippen LogP contribution in [-0.2, 0) is 4.79 Å². The third kappa shape index (κ3) is 4.38. The SMILES string of the molecule is Cc1ccccc1-n1nnnc1S[C@@H](C)C(=O)N(CCC#N)c1ccccc1. The second-order valence-electron chi connectivity index (χ2n) is 6.15. The van der Waals surface area contributed by atoms with E-state index in [9.17, 15) is 4.79 Å². The van der Waals surface area contributed by atoms with Crippen molar-refractivity contribution in [2.75, 3.05) is 11.4 Å². The number of nitriles is 1. The maximum Gasteiger partial charge on any atom is 0.240 e. The monoisotopic (exact) mass is 392 g/mol. The molecule has 1 heterocycles. The molecule has 0 spiro atoms. The van der Waals surface area contributed by atoms with Gasteiger partial charge in [0.1, 0.15) is 0 Å². The fraction of sp³-hybridized carbons (Fsp3) is 0.250. The van der Waals surface area contributed by atoms with Crippen LogP contribution in [0.4, 0.5) is 5.69 Å². The molecule has 142 valence electrons. The summed E-state index contributed by atoms with van der Waals surface area (Å²) in [6.07, 6.45) is 0.263. The largest absolute Gasteiger partial charge is 0.310 e.